The molecule has 4 fully saturated rings. The van der Waals surface area contributed by atoms with E-state index in [0.29, 0.717) is 6.04 Å². The molecule has 2 aliphatic heterocycles. The Morgan fingerprint density at radius 1 is 0.585 bits per heavy atom. The molecule has 5 rings (SSSR count). The van der Waals surface area contributed by atoms with E-state index in [1.165, 1.54) is 103 Å². The van der Waals surface area contributed by atoms with Crippen LogP contribution >= 0.6 is 0 Å². The van der Waals surface area contributed by atoms with E-state index < -0.39 is 0 Å². The molecule has 0 amide bonds. The van der Waals surface area contributed by atoms with Crippen LogP contribution in [0.3, 0.4) is 0 Å². The van der Waals surface area contributed by atoms with Crippen LogP contribution in [0.5, 0.6) is 0 Å². The molecule has 4 aliphatic rings. The van der Waals surface area contributed by atoms with Crippen LogP contribution in [0.15, 0.2) is 12.3 Å². The van der Waals surface area contributed by atoms with Crippen molar-refractivity contribution in [2.45, 2.75) is 121 Å². The normalized spacial score (nSPS) is 22.4. The molecule has 2 saturated heterocycles. The van der Waals surface area contributed by atoms with Crippen molar-refractivity contribution < 1.29 is 0 Å². The average Bonchev–Trinajstić information content (AvgIpc) is 3.32. The summed E-state index contributed by atoms with van der Waals surface area (Å²) >= 11 is 0. The third kappa shape index (κ3) is 10.6. The van der Waals surface area contributed by atoms with Gasteiger partial charge in [-0.1, -0.05) is 51.4 Å². The number of nitrogens with zero attached hydrogens (tertiary/aromatic N) is 5. The van der Waals surface area contributed by atoms with Gasteiger partial charge in [-0.2, -0.15) is 4.98 Å². The molecule has 0 radical (unpaired) electrons. The largest absolute Gasteiger partial charge is 0.356 e. The summed E-state index contributed by atoms with van der Waals surface area (Å²) in [4.78, 5) is 17.2. The topological polar surface area (TPSA) is 71.6 Å². The molecule has 3 heterocycles. The van der Waals surface area contributed by atoms with Crippen molar-refractivity contribution in [3.8, 4) is 0 Å². The highest BCUT2D eigenvalue weighted by atomic mass is 15.3. The van der Waals surface area contributed by atoms with Gasteiger partial charge in [0.05, 0.1) is 0 Å². The van der Waals surface area contributed by atoms with Crippen LogP contribution in [0.2, 0.25) is 0 Å². The molecule has 0 atom stereocenters. The van der Waals surface area contributed by atoms with E-state index in [9.17, 15) is 0 Å². The highest BCUT2D eigenvalue weighted by Gasteiger charge is 2.22. The molecule has 0 aromatic carbocycles. The van der Waals surface area contributed by atoms with E-state index in [4.69, 9.17) is 4.98 Å². The van der Waals surface area contributed by atoms with Crippen molar-refractivity contribution in [2.24, 2.45) is 0 Å². The van der Waals surface area contributed by atoms with Gasteiger partial charge >= 0.3 is 0 Å². The van der Waals surface area contributed by atoms with Crippen LogP contribution in [0, 0.1) is 0 Å². The molecule has 1 aromatic heterocycles. The maximum absolute atomic E-state index is 5.00. The van der Waals surface area contributed by atoms with Crippen LogP contribution < -0.4 is 25.8 Å². The number of nitrogens with one attached hydrogen (secondary N) is 3. The molecular formula is C33H60N8. The van der Waals surface area contributed by atoms with Crippen molar-refractivity contribution in [3.63, 3.8) is 0 Å². The fourth-order valence-corrected chi connectivity index (χ4v) is 7.48. The standard InChI is InChI=1S/C33H60N8/c1-2-10-23-40(22-9-1)32-15-18-37-33(38-32)41-24-16-31(17-25-41)36-21-28-39(26-19-34-29-11-5-3-6-12-29)27-20-35-30-13-7-4-8-14-30/h15,18,29-31,34-36H,1-14,16-17,19-28H2. The minimum absolute atomic E-state index is 0.600. The van der Waals surface area contributed by atoms with E-state index in [2.05, 4.69) is 41.7 Å². The van der Waals surface area contributed by atoms with Crippen molar-refractivity contribution in [1.29, 1.82) is 0 Å². The first kappa shape index (κ1) is 31.0. The van der Waals surface area contributed by atoms with Crippen molar-refractivity contribution in [1.82, 2.24) is 30.8 Å². The molecule has 0 unspecified atom stereocenters. The summed E-state index contributed by atoms with van der Waals surface area (Å²) in [5, 5.41) is 11.7. The predicted molar refractivity (Wildman–Crippen MR) is 172 cm³/mol. The number of hydrogen-bond acceptors (Lipinski definition) is 8. The van der Waals surface area contributed by atoms with E-state index in [1.807, 2.05) is 6.20 Å². The first-order valence-corrected chi connectivity index (χ1v) is 17.6. The molecule has 0 bridgehead atoms. The predicted octanol–water partition coefficient (Wildman–Crippen LogP) is 4.56. The zero-order valence-electron chi connectivity index (χ0n) is 26.0. The average molecular weight is 569 g/mol. The SMILES string of the molecule is c1cc(N2CCCCCC2)nc(N2CCC(NCCN(CCNC3CCCCC3)CCNC3CCCCC3)CC2)n1. The highest BCUT2D eigenvalue weighted by molar-refractivity contribution is 5.44. The molecule has 0 spiro atoms. The summed E-state index contributed by atoms with van der Waals surface area (Å²) in [7, 11) is 0. The third-order valence-electron chi connectivity index (χ3n) is 10.1. The van der Waals surface area contributed by atoms with Crippen LogP contribution in [0.25, 0.3) is 0 Å². The van der Waals surface area contributed by atoms with Gasteiger partial charge in [0, 0.05) is 89.8 Å². The molecule has 3 N–H and O–H groups in total. The Labute approximate surface area is 250 Å². The van der Waals surface area contributed by atoms with Crippen molar-refractivity contribution >= 4 is 11.8 Å². The van der Waals surface area contributed by atoms with E-state index in [-0.39, 0.29) is 0 Å². The van der Waals surface area contributed by atoms with E-state index in [0.717, 1.165) is 89.3 Å². The van der Waals surface area contributed by atoms with Gasteiger partial charge in [-0.05, 0) is 57.4 Å². The second kappa shape index (κ2) is 17.6. The summed E-state index contributed by atoms with van der Waals surface area (Å²) in [5.41, 5.74) is 0. The van der Waals surface area contributed by atoms with E-state index >= 15 is 0 Å². The maximum atomic E-state index is 5.00. The fourth-order valence-electron chi connectivity index (χ4n) is 7.48. The molecule has 232 valence electrons. The molecule has 8 nitrogen and oxygen atoms in total. The number of piperidine rings is 1. The summed E-state index contributed by atoms with van der Waals surface area (Å²) in [6.07, 6.45) is 23.5. The Morgan fingerprint density at radius 2 is 1.07 bits per heavy atom. The number of hydrogen-bond donors (Lipinski definition) is 3. The number of rotatable bonds is 14. The Kier molecular flexibility index (Phi) is 13.3. The van der Waals surface area contributed by atoms with Crippen LogP contribution in [-0.4, -0.2) is 98.4 Å². The lowest BCUT2D eigenvalue weighted by atomic mass is 9.95. The lowest BCUT2D eigenvalue weighted by Gasteiger charge is -2.34. The maximum Gasteiger partial charge on any atom is 0.227 e. The highest BCUT2D eigenvalue weighted by Crippen LogP contribution is 2.22. The van der Waals surface area contributed by atoms with Gasteiger partial charge < -0.3 is 25.8 Å². The van der Waals surface area contributed by atoms with Gasteiger partial charge in [0.1, 0.15) is 5.82 Å². The second-order valence-corrected chi connectivity index (χ2v) is 13.3. The Balaban J connectivity index is 1.02. The third-order valence-corrected chi connectivity index (χ3v) is 10.1. The molecule has 1 aromatic rings. The zero-order valence-corrected chi connectivity index (χ0v) is 26.0. The molecule has 8 heteroatoms. The van der Waals surface area contributed by atoms with Crippen LogP contribution in [0.4, 0.5) is 11.8 Å². The number of anilines is 2. The molecule has 2 aliphatic carbocycles. The quantitative estimate of drug-likeness (QED) is 0.302. The minimum Gasteiger partial charge on any atom is -0.356 e. The van der Waals surface area contributed by atoms with Crippen molar-refractivity contribution in [3.05, 3.63) is 12.3 Å². The Hall–Kier alpha value is -1.48. The van der Waals surface area contributed by atoms with Gasteiger partial charge in [0.25, 0.3) is 0 Å². The first-order valence-electron chi connectivity index (χ1n) is 17.6. The van der Waals surface area contributed by atoms with Gasteiger partial charge in [-0.25, -0.2) is 4.98 Å². The molecule has 2 saturated carbocycles. The minimum atomic E-state index is 0.600. The first-order chi connectivity index (χ1) is 20.3. The van der Waals surface area contributed by atoms with E-state index in [1.54, 1.807) is 0 Å². The smallest absolute Gasteiger partial charge is 0.227 e. The summed E-state index contributed by atoms with van der Waals surface area (Å²) < 4.78 is 0. The molecule has 41 heavy (non-hydrogen) atoms. The van der Waals surface area contributed by atoms with Crippen LogP contribution in [0.1, 0.15) is 103 Å². The molecular weight excluding hydrogens is 508 g/mol. The summed E-state index contributed by atoms with van der Waals surface area (Å²) in [6, 6.07) is 4.21. The van der Waals surface area contributed by atoms with Crippen LogP contribution in [-0.2, 0) is 0 Å². The summed E-state index contributed by atoms with van der Waals surface area (Å²) in [5.74, 6) is 2.04. The Bertz CT molecular complexity index is 800. The Morgan fingerprint density at radius 3 is 1.61 bits per heavy atom. The zero-order chi connectivity index (χ0) is 28.0. The second-order valence-electron chi connectivity index (χ2n) is 13.3. The monoisotopic (exact) mass is 568 g/mol. The fraction of sp³-hybridized carbons (Fsp3) is 0.879. The van der Waals surface area contributed by atoms with Crippen molar-refractivity contribution in [2.75, 3.05) is 75.2 Å². The summed E-state index contributed by atoms with van der Waals surface area (Å²) in [6.45, 7) is 11.1. The lowest BCUT2D eigenvalue weighted by Crippen LogP contribution is -2.47. The lowest BCUT2D eigenvalue weighted by molar-refractivity contribution is 0.246. The number of aromatic nitrogens is 2. The van der Waals surface area contributed by atoms with Gasteiger partial charge in [0.2, 0.25) is 5.95 Å². The van der Waals surface area contributed by atoms with Gasteiger partial charge in [0.15, 0.2) is 0 Å². The van der Waals surface area contributed by atoms with Gasteiger partial charge in [-0.3, -0.25) is 4.90 Å². The van der Waals surface area contributed by atoms with Gasteiger partial charge in [-0.15, -0.1) is 0 Å².